The molecule has 2 aromatic carbocycles. The summed E-state index contributed by atoms with van der Waals surface area (Å²) >= 11 is 9.41. The van der Waals surface area contributed by atoms with E-state index < -0.39 is 0 Å². The lowest BCUT2D eigenvalue weighted by atomic mass is 10.1. The highest BCUT2D eigenvalue weighted by Crippen LogP contribution is 2.35. The van der Waals surface area contributed by atoms with Gasteiger partial charge in [-0.2, -0.15) is 0 Å². The predicted molar refractivity (Wildman–Crippen MR) is 89.2 cm³/mol. The van der Waals surface area contributed by atoms with Crippen LogP contribution in [0.1, 0.15) is 15.9 Å². The second-order valence-corrected chi connectivity index (χ2v) is 5.76. The molecule has 1 amide bonds. The normalized spacial score (nSPS) is 10.3. The molecule has 0 aliphatic heterocycles. The summed E-state index contributed by atoms with van der Waals surface area (Å²) in [6.07, 6.45) is 0. The minimum absolute atomic E-state index is 0.277. The van der Waals surface area contributed by atoms with Crippen molar-refractivity contribution in [3.8, 4) is 5.75 Å². The van der Waals surface area contributed by atoms with E-state index in [9.17, 15) is 4.79 Å². The van der Waals surface area contributed by atoms with Crippen LogP contribution >= 0.6 is 27.5 Å². The molecule has 2 aromatic rings. The van der Waals surface area contributed by atoms with Crippen molar-refractivity contribution in [1.29, 1.82) is 0 Å². The molecule has 0 bridgehead atoms. The predicted octanol–water partition coefficient (Wildman–Crippen LogP) is 4.25. The number of nitrogens with two attached hydrogens (primary N) is 1. The van der Waals surface area contributed by atoms with Crippen LogP contribution in [-0.4, -0.2) is 13.0 Å². The van der Waals surface area contributed by atoms with Crippen LogP contribution in [0.3, 0.4) is 0 Å². The summed E-state index contributed by atoms with van der Waals surface area (Å²) in [5.74, 6) is 0.203. The van der Waals surface area contributed by atoms with Gasteiger partial charge in [-0.1, -0.05) is 17.7 Å². The molecule has 0 unspecified atom stereocenters. The van der Waals surface area contributed by atoms with Crippen molar-refractivity contribution in [2.75, 3.05) is 18.2 Å². The molecule has 4 nitrogen and oxygen atoms in total. The van der Waals surface area contributed by atoms with Gasteiger partial charge >= 0.3 is 0 Å². The van der Waals surface area contributed by atoms with E-state index in [-0.39, 0.29) is 5.91 Å². The molecule has 0 spiro atoms. The first kappa shape index (κ1) is 15.7. The number of methoxy groups -OCH3 is 1. The fourth-order valence-electron chi connectivity index (χ4n) is 1.80. The molecule has 0 aliphatic rings. The number of aryl methyl sites for hydroxylation is 1. The smallest absolute Gasteiger partial charge is 0.255 e. The lowest BCUT2D eigenvalue weighted by Crippen LogP contribution is -2.13. The number of ether oxygens (including phenoxy) is 1. The van der Waals surface area contributed by atoms with Gasteiger partial charge in [0.2, 0.25) is 0 Å². The second kappa shape index (κ2) is 6.37. The topological polar surface area (TPSA) is 64.3 Å². The fourth-order valence-corrected chi connectivity index (χ4v) is 2.54. The van der Waals surface area contributed by atoms with Gasteiger partial charge in [-0.15, -0.1) is 0 Å². The van der Waals surface area contributed by atoms with Crippen LogP contribution in [0.4, 0.5) is 11.4 Å². The van der Waals surface area contributed by atoms with Crippen molar-refractivity contribution < 1.29 is 9.53 Å². The molecule has 6 heteroatoms. The molecule has 2 rings (SSSR count). The molecule has 0 aliphatic carbocycles. The Balaban J connectivity index is 2.33. The van der Waals surface area contributed by atoms with E-state index >= 15 is 0 Å². The van der Waals surface area contributed by atoms with E-state index in [4.69, 9.17) is 22.1 Å². The monoisotopic (exact) mass is 368 g/mol. The Morgan fingerprint density at radius 3 is 2.67 bits per heavy atom. The Morgan fingerprint density at radius 1 is 1.33 bits per heavy atom. The first-order valence-electron chi connectivity index (χ1n) is 6.13. The van der Waals surface area contributed by atoms with Gasteiger partial charge in [0.15, 0.2) is 0 Å². The second-order valence-electron chi connectivity index (χ2n) is 4.50. The zero-order chi connectivity index (χ0) is 15.6. The number of rotatable bonds is 3. The van der Waals surface area contributed by atoms with Crippen LogP contribution in [0.15, 0.2) is 34.8 Å². The van der Waals surface area contributed by atoms with Crippen molar-refractivity contribution in [1.82, 2.24) is 0 Å². The number of anilines is 2. The van der Waals surface area contributed by atoms with Gasteiger partial charge in [0.25, 0.3) is 5.91 Å². The first-order valence-corrected chi connectivity index (χ1v) is 7.30. The Labute approximate surface area is 136 Å². The standard InChI is InChI=1S/C15H14BrClN2O2/c1-8-3-4-9(5-12(8)17)15(20)19-14-11(16)6-10(18)7-13(14)21-2/h3-7H,18H2,1-2H3,(H,19,20). The van der Waals surface area contributed by atoms with Crippen LogP contribution < -0.4 is 15.8 Å². The van der Waals surface area contributed by atoms with Crippen molar-refractivity contribution in [2.45, 2.75) is 6.92 Å². The third-order valence-corrected chi connectivity index (χ3v) is 4.00. The van der Waals surface area contributed by atoms with Crippen molar-refractivity contribution in [3.63, 3.8) is 0 Å². The number of nitrogens with one attached hydrogen (secondary N) is 1. The Kier molecular flexibility index (Phi) is 4.75. The number of carbonyl (C=O) groups excluding carboxylic acids is 1. The van der Waals surface area contributed by atoms with E-state index in [0.29, 0.717) is 32.2 Å². The lowest BCUT2D eigenvalue weighted by molar-refractivity contribution is 0.102. The quantitative estimate of drug-likeness (QED) is 0.795. The van der Waals surface area contributed by atoms with Gasteiger partial charge in [0.1, 0.15) is 5.75 Å². The van der Waals surface area contributed by atoms with E-state index in [1.165, 1.54) is 7.11 Å². The third kappa shape index (κ3) is 3.49. The fraction of sp³-hybridized carbons (Fsp3) is 0.133. The van der Waals surface area contributed by atoms with E-state index in [1.54, 1.807) is 30.3 Å². The largest absolute Gasteiger partial charge is 0.494 e. The summed E-state index contributed by atoms with van der Waals surface area (Å²) in [5, 5.41) is 3.34. The number of benzene rings is 2. The average molecular weight is 370 g/mol. The number of hydrogen-bond donors (Lipinski definition) is 2. The summed E-state index contributed by atoms with van der Waals surface area (Å²) < 4.78 is 5.88. The third-order valence-electron chi connectivity index (χ3n) is 2.97. The molecule has 0 aromatic heterocycles. The highest BCUT2D eigenvalue weighted by Gasteiger charge is 2.14. The molecular weight excluding hydrogens is 356 g/mol. The highest BCUT2D eigenvalue weighted by molar-refractivity contribution is 9.10. The van der Waals surface area contributed by atoms with Crippen molar-refractivity contribution in [2.24, 2.45) is 0 Å². The number of nitrogen functional groups attached to an aromatic ring is 1. The van der Waals surface area contributed by atoms with E-state index in [0.717, 1.165) is 5.56 Å². The average Bonchev–Trinajstić information content (AvgIpc) is 2.44. The van der Waals surface area contributed by atoms with Gasteiger partial charge in [-0.25, -0.2) is 0 Å². The molecular formula is C15H14BrClN2O2. The van der Waals surface area contributed by atoms with Gasteiger partial charge in [-0.3, -0.25) is 4.79 Å². The molecule has 0 saturated heterocycles. The number of halogens is 2. The Hall–Kier alpha value is -1.72. The molecule has 21 heavy (non-hydrogen) atoms. The highest BCUT2D eigenvalue weighted by atomic mass is 79.9. The van der Waals surface area contributed by atoms with Gasteiger partial charge in [0, 0.05) is 26.8 Å². The van der Waals surface area contributed by atoms with Crippen LogP contribution in [0, 0.1) is 6.92 Å². The molecule has 110 valence electrons. The molecule has 0 fully saturated rings. The Morgan fingerprint density at radius 2 is 2.05 bits per heavy atom. The van der Waals surface area contributed by atoms with Gasteiger partial charge in [-0.05, 0) is 46.6 Å². The minimum Gasteiger partial charge on any atom is -0.494 e. The SMILES string of the molecule is COc1cc(N)cc(Br)c1NC(=O)c1ccc(C)c(Cl)c1. The zero-order valence-corrected chi connectivity index (χ0v) is 13.9. The van der Waals surface area contributed by atoms with E-state index in [1.807, 2.05) is 6.92 Å². The molecule has 0 atom stereocenters. The summed E-state index contributed by atoms with van der Waals surface area (Å²) in [6.45, 7) is 1.88. The molecule has 0 heterocycles. The van der Waals surface area contributed by atoms with E-state index in [2.05, 4.69) is 21.2 Å². The summed E-state index contributed by atoms with van der Waals surface area (Å²) in [5.41, 5.74) is 8.19. The zero-order valence-electron chi connectivity index (χ0n) is 11.5. The molecule has 3 N–H and O–H groups in total. The van der Waals surface area contributed by atoms with Gasteiger partial charge in [0.05, 0.1) is 12.8 Å². The summed E-state index contributed by atoms with van der Waals surface area (Å²) in [7, 11) is 1.51. The maximum atomic E-state index is 12.3. The molecule has 0 radical (unpaired) electrons. The van der Waals surface area contributed by atoms with Crippen molar-refractivity contribution >= 4 is 44.8 Å². The molecule has 0 saturated carbocycles. The van der Waals surface area contributed by atoms with Crippen LogP contribution in [-0.2, 0) is 0 Å². The minimum atomic E-state index is -0.277. The Bertz CT molecular complexity index is 704. The maximum absolute atomic E-state index is 12.3. The van der Waals surface area contributed by atoms with Crippen LogP contribution in [0.25, 0.3) is 0 Å². The number of carbonyl (C=O) groups is 1. The summed E-state index contributed by atoms with van der Waals surface area (Å²) in [4.78, 5) is 12.3. The summed E-state index contributed by atoms with van der Waals surface area (Å²) in [6, 6.07) is 8.48. The number of amides is 1. The maximum Gasteiger partial charge on any atom is 0.255 e. The van der Waals surface area contributed by atoms with Crippen LogP contribution in [0.2, 0.25) is 5.02 Å². The van der Waals surface area contributed by atoms with Crippen LogP contribution in [0.5, 0.6) is 5.75 Å². The number of hydrogen-bond acceptors (Lipinski definition) is 3. The lowest BCUT2D eigenvalue weighted by Gasteiger charge is -2.13. The van der Waals surface area contributed by atoms with Gasteiger partial charge < -0.3 is 15.8 Å². The first-order chi connectivity index (χ1) is 9.92. The van der Waals surface area contributed by atoms with Crippen molar-refractivity contribution in [3.05, 3.63) is 51.0 Å².